The molecule has 0 aliphatic rings. The van der Waals surface area contributed by atoms with E-state index in [4.69, 9.17) is 0 Å². The fourth-order valence-corrected chi connectivity index (χ4v) is 1.86. The lowest BCUT2D eigenvalue weighted by Crippen LogP contribution is -2.17. The van der Waals surface area contributed by atoms with E-state index in [1.54, 1.807) is 0 Å². The van der Waals surface area contributed by atoms with Gasteiger partial charge in [0, 0.05) is 13.1 Å². The molecule has 0 saturated heterocycles. The molecule has 1 N–H and O–H groups in total. The number of nitrogens with zero attached hydrogens (tertiary/aromatic N) is 1. The second-order valence-electron chi connectivity index (χ2n) is 4.79. The van der Waals surface area contributed by atoms with Gasteiger partial charge in [-0.25, -0.2) is 0 Å². The smallest absolute Gasteiger partial charge is 0.0492 e. The predicted molar refractivity (Wildman–Crippen MR) is 73.4 cm³/mol. The Labute approximate surface area is 108 Å². The highest BCUT2D eigenvalue weighted by Gasteiger charge is 2.03. The van der Waals surface area contributed by atoms with Gasteiger partial charge in [0.05, 0.1) is 0 Å². The number of rotatable bonds is 4. The first-order valence-electron chi connectivity index (χ1n) is 6.18. The molecule has 0 unspecified atom stereocenters. The minimum atomic E-state index is 0.550. The molecule has 0 spiro atoms. The molecule has 0 aromatic heterocycles. The fraction of sp³-hybridized carbons (Fsp3) is 0.250. The van der Waals surface area contributed by atoms with Crippen LogP contribution in [0.1, 0.15) is 22.3 Å². The number of hydrogen-bond acceptors (Lipinski definition) is 2. The maximum atomic E-state index is 9.93. The minimum absolute atomic E-state index is 0.550. The van der Waals surface area contributed by atoms with Gasteiger partial charge in [-0.05, 0) is 25.0 Å². The number of hydroxylamine groups is 2. The number of benzene rings is 2. The maximum absolute atomic E-state index is 9.93. The average molecular weight is 241 g/mol. The van der Waals surface area contributed by atoms with Crippen LogP contribution < -0.4 is 0 Å². The van der Waals surface area contributed by atoms with Crippen molar-refractivity contribution in [3.8, 4) is 0 Å². The third-order valence-corrected chi connectivity index (χ3v) is 2.97. The molecule has 0 radical (unpaired) electrons. The summed E-state index contributed by atoms with van der Waals surface area (Å²) < 4.78 is 0. The molecule has 18 heavy (non-hydrogen) atoms. The summed E-state index contributed by atoms with van der Waals surface area (Å²) in [6, 6.07) is 16.5. The molecule has 0 saturated carbocycles. The number of aryl methyl sites for hydroxylation is 2. The van der Waals surface area contributed by atoms with Crippen molar-refractivity contribution in [1.82, 2.24) is 5.06 Å². The normalized spacial score (nSPS) is 10.9. The molecule has 0 aliphatic carbocycles. The van der Waals surface area contributed by atoms with Crippen molar-refractivity contribution in [2.75, 3.05) is 0 Å². The summed E-state index contributed by atoms with van der Waals surface area (Å²) in [5.74, 6) is 0. The van der Waals surface area contributed by atoms with Gasteiger partial charge >= 0.3 is 0 Å². The van der Waals surface area contributed by atoms with Crippen LogP contribution in [-0.4, -0.2) is 10.3 Å². The van der Waals surface area contributed by atoms with Gasteiger partial charge < -0.3 is 5.21 Å². The number of hydrogen-bond donors (Lipinski definition) is 1. The fourth-order valence-electron chi connectivity index (χ4n) is 1.86. The van der Waals surface area contributed by atoms with Crippen LogP contribution in [0.4, 0.5) is 0 Å². The third-order valence-electron chi connectivity index (χ3n) is 2.97. The SMILES string of the molecule is Cc1ccc(CN(O)Cc2ccc(C)cc2)cc1. The monoisotopic (exact) mass is 241 g/mol. The van der Waals surface area contributed by atoms with Crippen LogP contribution >= 0.6 is 0 Å². The van der Waals surface area contributed by atoms with Crippen LogP contribution in [0.25, 0.3) is 0 Å². The Hall–Kier alpha value is -1.64. The summed E-state index contributed by atoms with van der Waals surface area (Å²) in [7, 11) is 0. The Kier molecular flexibility index (Phi) is 4.13. The quantitative estimate of drug-likeness (QED) is 0.825. The zero-order chi connectivity index (χ0) is 13.0. The standard InChI is InChI=1S/C16H19NO/c1-13-3-7-15(8-4-13)11-17(18)12-16-9-5-14(2)6-10-16/h3-10,18H,11-12H2,1-2H3. The second-order valence-corrected chi connectivity index (χ2v) is 4.79. The van der Waals surface area contributed by atoms with Crippen molar-refractivity contribution in [1.29, 1.82) is 0 Å². The highest BCUT2D eigenvalue weighted by Crippen LogP contribution is 2.10. The van der Waals surface area contributed by atoms with Gasteiger partial charge in [-0.2, -0.15) is 5.06 Å². The molecule has 2 nitrogen and oxygen atoms in total. The lowest BCUT2D eigenvalue weighted by atomic mass is 10.1. The van der Waals surface area contributed by atoms with Crippen molar-refractivity contribution in [3.63, 3.8) is 0 Å². The molecule has 2 heteroatoms. The molecule has 0 bridgehead atoms. The van der Waals surface area contributed by atoms with Crippen LogP contribution in [0.2, 0.25) is 0 Å². The highest BCUT2D eigenvalue weighted by atomic mass is 16.5. The molecule has 0 atom stereocenters. The first kappa shape index (κ1) is 12.8. The Morgan fingerprint density at radius 1 is 0.722 bits per heavy atom. The molecule has 0 aliphatic heterocycles. The summed E-state index contributed by atoms with van der Waals surface area (Å²) in [5, 5.41) is 11.3. The van der Waals surface area contributed by atoms with Crippen LogP contribution in [0.3, 0.4) is 0 Å². The van der Waals surface area contributed by atoms with Crippen molar-refractivity contribution >= 4 is 0 Å². The Balaban J connectivity index is 1.94. The molecule has 0 amide bonds. The molecular formula is C16H19NO. The van der Waals surface area contributed by atoms with Crippen molar-refractivity contribution in [2.45, 2.75) is 26.9 Å². The summed E-state index contributed by atoms with van der Waals surface area (Å²) >= 11 is 0. The Morgan fingerprint density at radius 3 is 1.39 bits per heavy atom. The second kappa shape index (κ2) is 5.80. The molecule has 0 heterocycles. The van der Waals surface area contributed by atoms with E-state index in [0.29, 0.717) is 13.1 Å². The van der Waals surface area contributed by atoms with Gasteiger partial charge in [0.15, 0.2) is 0 Å². The predicted octanol–water partition coefficient (Wildman–Crippen LogP) is 3.69. The van der Waals surface area contributed by atoms with Crippen molar-refractivity contribution < 1.29 is 5.21 Å². The van der Waals surface area contributed by atoms with E-state index in [2.05, 4.69) is 38.1 Å². The first-order valence-corrected chi connectivity index (χ1v) is 6.18. The lowest BCUT2D eigenvalue weighted by molar-refractivity contribution is -0.108. The topological polar surface area (TPSA) is 23.5 Å². The van der Waals surface area contributed by atoms with Gasteiger partial charge in [-0.1, -0.05) is 59.7 Å². The molecule has 94 valence electrons. The van der Waals surface area contributed by atoms with E-state index in [1.807, 2.05) is 24.3 Å². The lowest BCUT2D eigenvalue weighted by Gasteiger charge is -2.15. The molecule has 2 aromatic rings. The van der Waals surface area contributed by atoms with Gasteiger partial charge in [-0.3, -0.25) is 0 Å². The van der Waals surface area contributed by atoms with E-state index in [9.17, 15) is 5.21 Å². The van der Waals surface area contributed by atoms with Crippen molar-refractivity contribution in [2.24, 2.45) is 0 Å². The van der Waals surface area contributed by atoms with Gasteiger partial charge in [0.2, 0.25) is 0 Å². The van der Waals surface area contributed by atoms with E-state index in [-0.39, 0.29) is 0 Å². The summed E-state index contributed by atoms with van der Waals surface area (Å²) in [6.45, 7) is 5.22. The zero-order valence-corrected chi connectivity index (χ0v) is 10.9. The van der Waals surface area contributed by atoms with Gasteiger partial charge in [-0.15, -0.1) is 0 Å². The highest BCUT2D eigenvalue weighted by molar-refractivity contribution is 5.22. The van der Waals surface area contributed by atoms with Crippen LogP contribution in [0.15, 0.2) is 48.5 Å². The molecular weight excluding hydrogens is 222 g/mol. The van der Waals surface area contributed by atoms with E-state index in [1.165, 1.54) is 16.2 Å². The van der Waals surface area contributed by atoms with E-state index < -0.39 is 0 Å². The molecule has 2 rings (SSSR count). The molecule has 2 aromatic carbocycles. The van der Waals surface area contributed by atoms with E-state index >= 15 is 0 Å². The summed E-state index contributed by atoms with van der Waals surface area (Å²) in [4.78, 5) is 0. The Morgan fingerprint density at radius 2 is 1.06 bits per heavy atom. The van der Waals surface area contributed by atoms with E-state index in [0.717, 1.165) is 11.1 Å². The van der Waals surface area contributed by atoms with Crippen molar-refractivity contribution in [3.05, 3.63) is 70.8 Å². The minimum Gasteiger partial charge on any atom is -0.313 e. The molecule has 0 fully saturated rings. The maximum Gasteiger partial charge on any atom is 0.0492 e. The first-order chi connectivity index (χ1) is 8.63. The van der Waals surface area contributed by atoms with Crippen LogP contribution in [-0.2, 0) is 13.1 Å². The largest absolute Gasteiger partial charge is 0.313 e. The van der Waals surface area contributed by atoms with Gasteiger partial charge in [0.25, 0.3) is 0 Å². The zero-order valence-electron chi connectivity index (χ0n) is 10.9. The van der Waals surface area contributed by atoms with Gasteiger partial charge in [0.1, 0.15) is 0 Å². The van der Waals surface area contributed by atoms with Crippen LogP contribution in [0, 0.1) is 13.8 Å². The Bertz CT molecular complexity index is 440. The van der Waals surface area contributed by atoms with Crippen LogP contribution in [0.5, 0.6) is 0 Å². The summed E-state index contributed by atoms with van der Waals surface area (Å²) in [5.41, 5.74) is 4.72. The average Bonchev–Trinajstić information content (AvgIpc) is 2.35. The summed E-state index contributed by atoms with van der Waals surface area (Å²) in [6.07, 6.45) is 0. The third kappa shape index (κ3) is 3.69.